The summed E-state index contributed by atoms with van der Waals surface area (Å²) in [4.78, 5) is 13.8. The summed E-state index contributed by atoms with van der Waals surface area (Å²) in [6.45, 7) is 5.18. The topological polar surface area (TPSA) is 92.9 Å². The van der Waals surface area contributed by atoms with Crippen LogP contribution in [0.25, 0.3) is 0 Å². The van der Waals surface area contributed by atoms with E-state index in [1.165, 1.54) is 0 Å². The predicted molar refractivity (Wildman–Crippen MR) is 102 cm³/mol. The lowest BCUT2D eigenvalue weighted by Crippen LogP contribution is -2.47. The van der Waals surface area contributed by atoms with Gasteiger partial charge in [0.1, 0.15) is 5.75 Å². The Balaban J connectivity index is 2.00. The highest BCUT2D eigenvalue weighted by Gasteiger charge is 2.25. The highest BCUT2D eigenvalue weighted by molar-refractivity contribution is 7.89. The van der Waals surface area contributed by atoms with Crippen molar-refractivity contribution >= 4 is 15.9 Å². The van der Waals surface area contributed by atoms with Crippen molar-refractivity contribution < 1.29 is 17.9 Å². The van der Waals surface area contributed by atoms with Crippen LogP contribution in [0.1, 0.15) is 35.7 Å². The van der Waals surface area contributed by atoms with E-state index in [4.69, 9.17) is 10.5 Å². The smallest absolute Gasteiger partial charge is 0.248 e. The van der Waals surface area contributed by atoms with Gasteiger partial charge in [-0.1, -0.05) is 6.92 Å². The van der Waals surface area contributed by atoms with Crippen LogP contribution >= 0.6 is 0 Å². The molecule has 0 atom stereocenters. The van der Waals surface area contributed by atoms with Gasteiger partial charge in [0.15, 0.2) is 0 Å². The summed E-state index contributed by atoms with van der Waals surface area (Å²) >= 11 is 0. The molecule has 1 aliphatic rings. The maximum absolute atomic E-state index is 12.5. The van der Waals surface area contributed by atoms with E-state index >= 15 is 0 Å². The number of piperazine rings is 1. The van der Waals surface area contributed by atoms with Gasteiger partial charge in [0, 0.05) is 31.7 Å². The van der Waals surface area contributed by atoms with Crippen LogP contribution in [0.5, 0.6) is 5.75 Å². The third-order valence-corrected chi connectivity index (χ3v) is 6.48. The van der Waals surface area contributed by atoms with Crippen LogP contribution in [0, 0.1) is 0 Å². The summed E-state index contributed by atoms with van der Waals surface area (Å²) in [5.41, 5.74) is 6.60. The first-order chi connectivity index (χ1) is 12.3. The number of ether oxygens (including phenoxy) is 1. The summed E-state index contributed by atoms with van der Waals surface area (Å²) in [5, 5.41) is 0. The zero-order valence-electron chi connectivity index (χ0n) is 15.6. The molecule has 0 radical (unpaired) electrons. The van der Waals surface area contributed by atoms with Crippen molar-refractivity contribution in [3.05, 3.63) is 29.3 Å². The van der Waals surface area contributed by atoms with E-state index < -0.39 is 15.9 Å². The van der Waals surface area contributed by atoms with Crippen LogP contribution in [0.15, 0.2) is 18.2 Å². The number of carbonyl (C=O) groups is 1. The number of benzene rings is 1. The average Bonchev–Trinajstić information content (AvgIpc) is 2.60. The average molecular weight is 384 g/mol. The lowest BCUT2D eigenvalue weighted by molar-refractivity contribution is 0.0999. The van der Waals surface area contributed by atoms with Gasteiger partial charge in [-0.25, -0.2) is 8.42 Å². The van der Waals surface area contributed by atoms with Crippen molar-refractivity contribution in [2.75, 3.05) is 45.6 Å². The highest BCUT2D eigenvalue weighted by atomic mass is 32.2. The number of likely N-dealkylation sites (N-methyl/N-ethyl adjacent to an activating group) is 1. The lowest BCUT2D eigenvalue weighted by atomic mass is 10.0. The molecular formula is C18H29N3O4S. The molecule has 0 aliphatic carbocycles. The summed E-state index contributed by atoms with van der Waals surface area (Å²) < 4.78 is 32.2. The Labute approximate surface area is 156 Å². The molecule has 1 aliphatic heterocycles. The predicted octanol–water partition coefficient (Wildman–Crippen LogP) is 1.08. The van der Waals surface area contributed by atoms with E-state index in [1.54, 1.807) is 22.5 Å². The van der Waals surface area contributed by atoms with E-state index in [-0.39, 0.29) is 5.75 Å². The number of hydrogen-bond donors (Lipinski definition) is 1. The molecule has 26 heavy (non-hydrogen) atoms. The molecule has 1 aromatic rings. The third kappa shape index (κ3) is 5.69. The maximum Gasteiger partial charge on any atom is 0.248 e. The van der Waals surface area contributed by atoms with Crippen molar-refractivity contribution in [2.24, 2.45) is 5.73 Å². The first-order valence-electron chi connectivity index (χ1n) is 9.05. The van der Waals surface area contributed by atoms with Crippen LogP contribution in [-0.2, 0) is 16.4 Å². The number of sulfonamides is 1. The van der Waals surface area contributed by atoms with Crippen molar-refractivity contribution in [3.63, 3.8) is 0 Å². The molecule has 2 N–H and O–H groups in total. The maximum atomic E-state index is 12.5. The number of hydrogen-bond acceptors (Lipinski definition) is 5. The standard InChI is InChI=1S/C18H29N3O4S/c1-3-12-25-16-6-7-17(18(19)22)15(14-16)5-4-13-26(23,24)21-10-8-20(2)9-11-21/h6-7,14H,3-5,8-13H2,1-2H3,(H2,19,22). The Morgan fingerprint density at radius 2 is 1.92 bits per heavy atom. The van der Waals surface area contributed by atoms with Gasteiger partial charge in [-0.15, -0.1) is 0 Å². The van der Waals surface area contributed by atoms with Crippen LogP contribution in [0.3, 0.4) is 0 Å². The summed E-state index contributed by atoms with van der Waals surface area (Å²) in [6, 6.07) is 5.16. The minimum atomic E-state index is -3.28. The van der Waals surface area contributed by atoms with Gasteiger partial charge < -0.3 is 15.4 Å². The normalized spacial score (nSPS) is 16.5. The van der Waals surface area contributed by atoms with E-state index in [9.17, 15) is 13.2 Å². The molecule has 146 valence electrons. The number of nitrogens with two attached hydrogens (primary N) is 1. The van der Waals surface area contributed by atoms with Gasteiger partial charge in [-0.05, 0) is 50.1 Å². The van der Waals surface area contributed by atoms with E-state index in [0.717, 1.165) is 25.1 Å². The van der Waals surface area contributed by atoms with Crippen LogP contribution < -0.4 is 10.5 Å². The van der Waals surface area contributed by atoms with Gasteiger partial charge in [0.05, 0.1) is 12.4 Å². The molecule has 1 saturated heterocycles. The van der Waals surface area contributed by atoms with Gasteiger partial charge in [0.25, 0.3) is 0 Å². The van der Waals surface area contributed by atoms with Gasteiger partial charge >= 0.3 is 0 Å². The van der Waals surface area contributed by atoms with Crippen LogP contribution in [0.2, 0.25) is 0 Å². The number of carbonyl (C=O) groups excluding carboxylic acids is 1. The molecule has 1 aromatic carbocycles. The summed E-state index contributed by atoms with van der Waals surface area (Å²) in [7, 11) is -1.29. The summed E-state index contributed by atoms with van der Waals surface area (Å²) in [6.07, 6.45) is 1.79. The molecule has 1 heterocycles. The van der Waals surface area contributed by atoms with Crippen LogP contribution in [0.4, 0.5) is 0 Å². The molecule has 2 rings (SSSR count). The number of primary amides is 1. The molecule has 8 heteroatoms. The molecule has 0 unspecified atom stereocenters. The zero-order valence-corrected chi connectivity index (χ0v) is 16.4. The lowest BCUT2D eigenvalue weighted by Gasteiger charge is -2.31. The number of rotatable bonds is 9. The quantitative estimate of drug-likeness (QED) is 0.689. The van der Waals surface area contributed by atoms with E-state index in [0.29, 0.717) is 43.9 Å². The Morgan fingerprint density at radius 1 is 1.23 bits per heavy atom. The van der Waals surface area contributed by atoms with Crippen molar-refractivity contribution in [3.8, 4) is 5.75 Å². The fourth-order valence-electron chi connectivity index (χ4n) is 2.97. The Bertz CT molecular complexity index is 713. The third-order valence-electron chi connectivity index (χ3n) is 4.52. The fraction of sp³-hybridized carbons (Fsp3) is 0.611. The molecular weight excluding hydrogens is 354 g/mol. The minimum absolute atomic E-state index is 0.0644. The molecule has 0 saturated carbocycles. The molecule has 0 spiro atoms. The largest absolute Gasteiger partial charge is 0.494 e. The second kappa shape index (κ2) is 9.34. The molecule has 7 nitrogen and oxygen atoms in total. The second-order valence-electron chi connectivity index (χ2n) is 6.65. The summed E-state index contributed by atoms with van der Waals surface area (Å²) in [5.74, 6) is 0.229. The zero-order chi connectivity index (χ0) is 19.2. The van der Waals surface area contributed by atoms with E-state index in [1.807, 2.05) is 14.0 Å². The van der Waals surface area contributed by atoms with E-state index in [2.05, 4.69) is 4.90 Å². The Kier molecular flexibility index (Phi) is 7.43. The first kappa shape index (κ1) is 20.7. The molecule has 0 aromatic heterocycles. The first-order valence-corrected chi connectivity index (χ1v) is 10.7. The second-order valence-corrected chi connectivity index (χ2v) is 8.74. The molecule has 1 fully saturated rings. The molecule has 1 amide bonds. The van der Waals surface area contributed by atoms with Gasteiger partial charge in [-0.2, -0.15) is 4.31 Å². The Hall–Kier alpha value is -1.64. The van der Waals surface area contributed by atoms with Crippen molar-refractivity contribution in [2.45, 2.75) is 26.2 Å². The van der Waals surface area contributed by atoms with Gasteiger partial charge in [0.2, 0.25) is 15.9 Å². The SMILES string of the molecule is CCCOc1ccc(C(N)=O)c(CCCS(=O)(=O)N2CCN(C)CC2)c1. The van der Waals surface area contributed by atoms with Crippen molar-refractivity contribution in [1.29, 1.82) is 0 Å². The number of amides is 1. The minimum Gasteiger partial charge on any atom is -0.494 e. The molecule has 0 bridgehead atoms. The fourth-order valence-corrected chi connectivity index (χ4v) is 4.45. The van der Waals surface area contributed by atoms with Crippen molar-refractivity contribution in [1.82, 2.24) is 9.21 Å². The number of aryl methyl sites for hydroxylation is 1. The number of nitrogens with zero attached hydrogens (tertiary/aromatic N) is 2. The Morgan fingerprint density at radius 3 is 2.54 bits per heavy atom. The highest BCUT2D eigenvalue weighted by Crippen LogP contribution is 2.20. The van der Waals surface area contributed by atoms with Crippen LogP contribution in [-0.4, -0.2) is 69.1 Å². The van der Waals surface area contributed by atoms with Gasteiger partial charge in [-0.3, -0.25) is 4.79 Å². The monoisotopic (exact) mass is 383 g/mol.